The fourth-order valence-corrected chi connectivity index (χ4v) is 1.69. The molecule has 1 heterocycles. The average Bonchev–Trinajstić information content (AvgIpc) is 2.68. The molecule has 1 aliphatic rings. The number of ether oxygens (including phenoxy) is 1. The van der Waals surface area contributed by atoms with Crippen LogP contribution in [0.5, 0.6) is 0 Å². The summed E-state index contributed by atoms with van der Waals surface area (Å²) in [5.74, 6) is -0.663. The summed E-state index contributed by atoms with van der Waals surface area (Å²) < 4.78 is 4.59. The molecule has 0 unspecified atom stereocenters. The number of esters is 1. The molecule has 1 amide bonds. The van der Waals surface area contributed by atoms with Crippen LogP contribution in [0.1, 0.15) is 15.9 Å². The summed E-state index contributed by atoms with van der Waals surface area (Å²) in [6.45, 7) is 0. The normalized spacial score (nSPS) is 16.4. The Hall–Kier alpha value is -2.21. The van der Waals surface area contributed by atoms with E-state index in [1.165, 1.54) is 7.11 Å². The van der Waals surface area contributed by atoms with Crippen molar-refractivity contribution in [2.45, 2.75) is 0 Å². The van der Waals surface area contributed by atoms with Crippen LogP contribution in [0.4, 0.5) is 0 Å². The first-order valence-electron chi connectivity index (χ1n) is 5.12. The van der Waals surface area contributed by atoms with E-state index < -0.39 is 5.97 Å². The van der Waals surface area contributed by atoms with Crippen molar-refractivity contribution in [3.8, 4) is 0 Å². The van der Waals surface area contributed by atoms with Gasteiger partial charge in [-0.3, -0.25) is 10.1 Å². The number of hydrogen-bond acceptors (Lipinski definition) is 4. The molecule has 0 aliphatic carbocycles. The third kappa shape index (κ3) is 2.54. The highest BCUT2D eigenvalue weighted by atomic mass is 32.1. The number of thiocarbonyl (C=S) groups is 1. The fourth-order valence-electron chi connectivity index (χ4n) is 1.48. The van der Waals surface area contributed by atoms with Gasteiger partial charge < -0.3 is 10.1 Å². The lowest BCUT2D eigenvalue weighted by Gasteiger charge is -2.00. The lowest BCUT2D eigenvalue weighted by molar-refractivity contribution is -0.115. The van der Waals surface area contributed by atoms with E-state index in [0.29, 0.717) is 11.3 Å². The summed E-state index contributed by atoms with van der Waals surface area (Å²) in [6.07, 6.45) is 1.65. The van der Waals surface area contributed by atoms with E-state index in [-0.39, 0.29) is 11.0 Å². The standard InChI is InChI=1S/C12H10N2O3S/c1-17-11(16)8-4-2-7(3-5-8)6-9-10(15)14-12(18)13-9/h2-6H,1H3,(H2,13,14,15,18)/b9-6-. The minimum atomic E-state index is -0.396. The number of methoxy groups -OCH3 is 1. The highest BCUT2D eigenvalue weighted by Crippen LogP contribution is 2.10. The van der Waals surface area contributed by atoms with E-state index in [2.05, 4.69) is 15.4 Å². The van der Waals surface area contributed by atoms with Gasteiger partial charge in [-0.25, -0.2) is 4.79 Å². The van der Waals surface area contributed by atoms with Crippen LogP contribution < -0.4 is 10.6 Å². The molecule has 0 radical (unpaired) electrons. The summed E-state index contributed by atoms with van der Waals surface area (Å²) in [5.41, 5.74) is 1.62. The average molecular weight is 262 g/mol. The molecule has 0 spiro atoms. The number of carbonyl (C=O) groups is 2. The first-order chi connectivity index (χ1) is 8.60. The maximum Gasteiger partial charge on any atom is 0.337 e. The van der Waals surface area contributed by atoms with Crippen molar-refractivity contribution in [1.82, 2.24) is 10.6 Å². The minimum Gasteiger partial charge on any atom is -0.465 e. The Morgan fingerprint density at radius 2 is 1.94 bits per heavy atom. The van der Waals surface area contributed by atoms with Gasteiger partial charge in [0, 0.05) is 0 Å². The molecule has 5 nitrogen and oxygen atoms in total. The lowest BCUT2D eigenvalue weighted by atomic mass is 10.1. The zero-order chi connectivity index (χ0) is 13.1. The molecule has 92 valence electrons. The Kier molecular flexibility index (Phi) is 3.38. The predicted octanol–water partition coefficient (Wildman–Crippen LogP) is 0.818. The number of rotatable bonds is 2. The zero-order valence-corrected chi connectivity index (χ0v) is 10.3. The number of amides is 1. The van der Waals surface area contributed by atoms with Gasteiger partial charge in [0.05, 0.1) is 12.7 Å². The van der Waals surface area contributed by atoms with Crippen LogP contribution in [0, 0.1) is 0 Å². The minimum absolute atomic E-state index is 0.267. The van der Waals surface area contributed by atoms with E-state index in [9.17, 15) is 9.59 Å². The second-order valence-electron chi connectivity index (χ2n) is 3.58. The molecule has 6 heteroatoms. The first-order valence-corrected chi connectivity index (χ1v) is 5.53. The summed E-state index contributed by atoms with van der Waals surface area (Å²) in [5, 5.41) is 5.50. The molecule has 0 aromatic heterocycles. The van der Waals surface area contributed by atoms with Crippen LogP contribution in [0.3, 0.4) is 0 Å². The van der Waals surface area contributed by atoms with Crippen molar-refractivity contribution in [3.05, 3.63) is 41.1 Å². The topological polar surface area (TPSA) is 67.4 Å². The lowest BCUT2D eigenvalue weighted by Crippen LogP contribution is -2.21. The number of benzene rings is 1. The van der Waals surface area contributed by atoms with Gasteiger partial charge >= 0.3 is 5.97 Å². The monoisotopic (exact) mass is 262 g/mol. The van der Waals surface area contributed by atoms with Crippen LogP contribution in [-0.2, 0) is 9.53 Å². The van der Waals surface area contributed by atoms with Gasteiger partial charge in [-0.05, 0) is 36.0 Å². The van der Waals surface area contributed by atoms with Crippen molar-refractivity contribution in [3.63, 3.8) is 0 Å². The summed E-state index contributed by atoms with van der Waals surface area (Å²) in [6, 6.07) is 6.69. The van der Waals surface area contributed by atoms with Crippen molar-refractivity contribution in [2.75, 3.05) is 7.11 Å². The van der Waals surface area contributed by atoms with E-state index >= 15 is 0 Å². The third-order valence-electron chi connectivity index (χ3n) is 2.36. The molecule has 18 heavy (non-hydrogen) atoms. The van der Waals surface area contributed by atoms with E-state index in [4.69, 9.17) is 12.2 Å². The molecule has 0 saturated carbocycles. The largest absolute Gasteiger partial charge is 0.465 e. The summed E-state index contributed by atoms with van der Waals surface area (Å²) in [7, 11) is 1.33. The Balaban J connectivity index is 2.21. The second kappa shape index (κ2) is 4.97. The van der Waals surface area contributed by atoms with Crippen LogP contribution in [0.15, 0.2) is 30.0 Å². The van der Waals surface area contributed by atoms with Crippen molar-refractivity contribution < 1.29 is 14.3 Å². The Bertz CT molecular complexity index is 549. The maximum atomic E-state index is 11.4. The first kappa shape index (κ1) is 12.3. The molecule has 2 rings (SSSR count). The van der Waals surface area contributed by atoms with Crippen LogP contribution >= 0.6 is 12.2 Å². The molecule has 0 atom stereocenters. The highest BCUT2D eigenvalue weighted by molar-refractivity contribution is 7.80. The number of nitrogens with one attached hydrogen (secondary N) is 2. The molecule has 1 saturated heterocycles. The number of hydrogen-bond donors (Lipinski definition) is 2. The molecular weight excluding hydrogens is 252 g/mol. The van der Waals surface area contributed by atoms with Crippen molar-refractivity contribution >= 4 is 35.3 Å². The van der Waals surface area contributed by atoms with Gasteiger partial charge in [-0.1, -0.05) is 12.1 Å². The molecule has 1 fully saturated rings. The Labute approximate surface area is 109 Å². The summed E-state index contributed by atoms with van der Waals surface area (Å²) in [4.78, 5) is 22.6. The smallest absolute Gasteiger partial charge is 0.337 e. The Morgan fingerprint density at radius 3 is 2.44 bits per heavy atom. The third-order valence-corrected chi connectivity index (χ3v) is 2.57. The van der Waals surface area contributed by atoms with Crippen molar-refractivity contribution in [2.24, 2.45) is 0 Å². The molecule has 1 aromatic carbocycles. The molecule has 1 aliphatic heterocycles. The van der Waals surface area contributed by atoms with Crippen molar-refractivity contribution in [1.29, 1.82) is 0 Å². The van der Waals surface area contributed by atoms with Gasteiger partial charge in [-0.2, -0.15) is 0 Å². The fraction of sp³-hybridized carbons (Fsp3) is 0.0833. The summed E-state index contributed by atoms with van der Waals surface area (Å²) >= 11 is 4.82. The molecular formula is C12H10N2O3S. The van der Waals surface area contributed by atoms with E-state index in [1.54, 1.807) is 30.3 Å². The zero-order valence-electron chi connectivity index (χ0n) is 9.52. The maximum absolute atomic E-state index is 11.4. The molecule has 1 aromatic rings. The van der Waals surface area contributed by atoms with Gasteiger partial charge in [0.15, 0.2) is 5.11 Å². The SMILES string of the molecule is COC(=O)c1ccc(/C=C2\NC(=S)NC2=O)cc1. The van der Waals surface area contributed by atoms with E-state index in [0.717, 1.165) is 5.56 Å². The number of carbonyl (C=O) groups excluding carboxylic acids is 2. The quantitative estimate of drug-likeness (QED) is 0.469. The molecule has 0 bridgehead atoms. The van der Waals surface area contributed by atoms with Gasteiger partial charge in [-0.15, -0.1) is 0 Å². The predicted molar refractivity (Wildman–Crippen MR) is 69.6 cm³/mol. The van der Waals surface area contributed by atoms with Gasteiger partial charge in [0.25, 0.3) is 5.91 Å². The van der Waals surface area contributed by atoms with E-state index in [1.807, 2.05) is 0 Å². The molecule has 2 N–H and O–H groups in total. The van der Waals surface area contributed by atoms with Gasteiger partial charge in [0.1, 0.15) is 5.70 Å². The van der Waals surface area contributed by atoms with Crippen LogP contribution in [0.2, 0.25) is 0 Å². The van der Waals surface area contributed by atoms with Crippen LogP contribution in [0.25, 0.3) is 6.08 Å². The highest BCUT2D eigenvalue weighted by Gasteiger charge is 2.19. The Morgan fingerprint density at radius 1 is 1.28 bits per heavy atom. The second-order valence-corrected chi connectivity index (χ2v) is 3.99. The van der Waals surface area contributed by atoms with Crippen LogP contribution in [-0.4, -0.2) is 24.1 Å². The van der Waals surface area contributed by atoms with Gasteiger partial charge in [0.2, 0.25) is 0 Å².